The Hall–Kier alpha value is 0.1000. The lowest BCUT2D eigenvalue weighted by Crippen LogP contribution is -2.36. The quantitative estimate of drug-likeness (QED) is 0.887. The van der Waals surface area contributed by atoms with E-state index in [4.69, 9.17) is 0 Å². The molecule has 0 aliphatic carbocycles. The van der Waals surface area contributed by atoms with Crippen LogP contribution in [0.15, 0.2) is 15.9 Å². The second kappa shape index (κ2) is 5.26. The van der Waals surface area contributed by atoms with E-state index >= 15 is 0 Å². The van der Waals surface area contributed by atoms with Crippen LogP contribution in [0.2, 0.25) is 0 Å². The molecule has 2 N–H and O–H groups in total. The molecule has 0 saturated heterocycles. The van der Waals surface area contributed by atoms with Gasteiger partial charge in [0.15, 0.2) is 0 Å². The molecule has 0 saturated carbocycles. The summed E-state index contributed by atoms with van der Waals surface area (Å²) in [6.07, 6.45) is -0.423. The molecule has 0 aliphatic rings. The molecule has 2 atom stereocenters. The van der Waals surface area contributed by atoms with Gasteiger partial charge in [0.25, 0.3) is 0 Å². The predicted molar refractivity (Wildman–Crippen MR) is 64.7 cm³/mol. The fourth-order valence-corrected chi connectivity index (χ4v) is 2.88. The molecule has 0 spiro atoms. The largest absolute Gasteiger partial charge is 0.386 e. The van der Waals surface area contributed by atoms with Crippen molar-refractivity contribution in [3.63, 3.8) is 0 Å². The topological polar surface area (TPSA) is 32.3 Å². The second-order valence-corrected chi connectivity index (χ2v) is 5.58. The molecule has 2 nitrogen and oxygen atoms in total. The van der Waals surface area contributed by atoms with Gasteiger partial charge in [-0.05, 0) is 28.9 Å². The SMILES string of the molecule is CC(C)NC(C)C(O)c1cc(Br)cs1. The van der Waals surface area contributed by atoms with Gasteiger partial charge in [-0.3, -0.25) is 0 Å². The van der Waals surface area contributed by atoms with E-state index in [1.54, 1.807) is 11.3 Å². The lowest BCUT2D eigenvalue weighted by atomic mass is 10.1. The Balaban J connectivity index is 2.60. The molecule has 0 radical (unpaired) electrons. The number of aliphatic hydroxyl groups excluding tert-OH is 1. The first-order valence-corrected chi connectivity index (χ1v) is 6.36. The van der Waals surface area contributed by atoms with E-state index in [0.29, 0.717) is 6.04 Å². The number of hydrogen-bond donors (Lipinski definition) is 2. The van der Waals surface area contributed by atoms with E-state index in [9.17, 15) is 5.11 Å². The summed E-state index contributed by atoms with van der Waals surface area (Å²) in [4.78, 5) is 0.998. The average molecular weight is 278 g/mol. The Morgan fingerprint density at radius 3 is 2.50 bits per heavy atom. The third-order valence-corrected chi connectivity index (χ3v) is 3.71. The summed E-state index contributed by atoms with van der Waals surface area (Å²) < 4.78 is 1.04. The van der Waals surface area contributed by atoms with E-state index < -0.39 is 6.10 Å². The van der Waals surface area contributed by atoms with Crippen LogP contribution in [0.25, 0.3) is 0 Å². The number of rotatable bonds is 4. The number of aliphatic hydroxyl groups is 1. The van der Waals surface area contributed by atoms with Crippen LogP contribution < -0.4 is 5.32 Å². The Labute approximate surface area is 97.5 Å². The first-order valence-electron chi connectivity index (χ1n) is 4.68. The minimum absolute atomic E-state index is 0.0838. The van der Waals surface area contributed by atoms with Crippen LogP contribution in [0.3, 0.4) is 0 Å². The summed E-state index contributed by atoms with van der Waals surface area (Å²) in [6.45, 7) is 6.15. The maximum Gasteiger partial charge on any atom is 0.103 e. The molecule has 4 heteroatoms. The first kappa shape index (κ1) is 12.2. The van der Waals surface area contributed by atoms with Gasteiger partial charge in [0, 0.05) is 26.8 Å². The molecule has 0 aromatic carbocycles. The van der Waals surface area contributed by atoms with Gasteiger partial charge in [-0.2, -0.15) is 0 Å². The summed E-state index contributed by atoms with van der Waals surface area (Å²) in [6, 6.07) is 2.44. The smallest absolute Gasteiger partial charge is 0.103 e. The number of halogens is 1. The standard InChI is InChI=1S/C10H16BrNOS/c1-6(2)12-7(3)10(13)9-4-8(11)5-14-9/h4-7,10,12-13H,1-3H3. The Morgan fingerprint density at radius 2 is 2.07 bits per heavy atom. The highest BCUT2D eigenvalue weighted by Crippen LogP contribution is 2.27. The maximum atomic E-state index is 9.98. The Bertz CT molecular complexity index is 287. The average Bonchev–Trinajstić information content (AvgIpc) is 2.49. The molecule has 1 heterocycles. The minimum Gasteiger partial charge on any atom is -0.386 e. The van der Waals surface area contributed by atoms with Crippen LogP contribution in [-0.2, 0) is 0 Å². The van der Waals surface area contributed by atoms with Gasteiger partial charge in [-0.1, -0.05) is 13.8 Å². The van der Waals surface area contributed by atoms with E-state index in [-0.39, 0.29) is 6.04 Å². The Kier molecular flexibility index (Phi) is 4.57. The van der Waals surface area contributed by atoms with Crippen LogP contribution in [0.5, 0.6) is 0 Å². The second-order valence-electron chi connectivity index (χ2n) is 3.72. The van der Waals surface area contributed by atoms with Gasteiger partial charge in [0.05, 0.1) is 0 Å². The van der Waals surface area contributed by atoms with Gasteiger partial charge in [-0.15, -0.1) is 11.3 Å². The van der Waals surface area contributed by atoms with Gasteiger partial charge in [0.2, 0.25) is 0 Å². The van der Waals surface area contributed by atoms with Crippen molar-refractivity contribution in [3.8, 4) is 0 Å². The Morgan fingerprint density at radius 1 is 1.43 bits per heavy atom. The van der Waals surface area contributed by atoms with Crippen molar-refractivity contribution in [2.45, 2.75) is 39.0 Å². The van der Waals surface area contributed by atoms with E-state index in [2.05, 4.69) is 35.1 Å². The van der Waals surface area contributed by atoms with Crippen molar-refractivity contribution in [1.29, 1.82) is 0 Å². The number of nitrogens with one attached hydrogen (secondary N) is 1. The molecule has 1 rings (SSSR count). The van der Waals surface area contributed by atoms with Crippen molar-refractivity contribution >= 4 is 27.3 Å². The van der Waals surface area contributed by atoms with Gasteiger partial charge in [0.1, 0.15) is 6.10 Å². The third kappa shape index (κ3) is 3.35. The van der Waals surface area contributed by atoms with E-state index in [1.807, 2.05) is 18.4 Å². The van der Waals surface area contributed by atoms with E-state index in [0.717, 1.165) is 9.35 Å². The summed E-state index contributed by atoms with van der Waals surface area (Å²) in [5, 5.41) is 15.3. The first-order chi connectivity index (χ1) is 6.50. The minimum atomic E-state index is -0.423. The number of thiophene rings is 1. The zero-order valence-electron chi connectivity index (χ0n) is 8.62. The highest BCUT2D eigenvalue weighted by atomic mass is 79.9. The lowest BCUT2D eigenvalue weighted by molar-refractivity contribution is 0.135. The fraction of sp³-hybridized carbons (Fsp3) is 0.600. The molecule has 80 valence electrons. The normalized spacial score (nSPS) is 15.9. The maximum absolute atomic E-state index is 9.98. The third-order valence-electron chi connectivity index (χ3n) is 1.95. The molecule has 0 bridgehead atoms. The van der Waals surface area contributed by atoms with Crippen LogP contribution in [0, 0.1) is 0 Å². The molecule has 1 aromatic rings. The van der Waals surface area contributed by atoms with Crippen molar-refractivity contribution in [3.05, 3.63) is 20.8 Å². The van der Waals surface area contributed by atoms with Crippen molar-refractivity contribution in [1.82, 2.24) is 5.32 Å². The monoisotopic (exact) mass is 277 g/mol. The van der Waals surface area contributed by atoms with Crippen molar-refractivity contribution < 1.29 is 5.11 Å². The summed E-state index contributed by atoms with van der Waals surface area (Å²) in [5.41, 5.74) is 0. The molecule has 0 amide bonds. The van der Waals surface area contributed by atoms with Crippen LogP contribution in [0.1, 0.15) is 31.8 Å². The molecule has 0 aliphatic heterocycles. The summed E-state index contributed by atoms with van der Waals surface area (Å²) in [7, 11) is 0. The van der Waals surface area contributed by atoms with Crippen LogP contribution in [-0.4, -0.2) is 17.2 Å². The van der Waals surface area contributed by atoms with Crippen molar-refractivity contribution in [2.75, 3.05) is 0 Å². The zero-order valence-corrected chi connectivity index (χ0v) is 11.0. The fourth-order valence-electron chi connectivity index (χ4n) is 1.35. The molecule has 1 aromatic heterocycles. The van der Waals surface area contributed by atoms with Gasteiger partial charge < -0.3 is 10.4 Å². The van der Waals surface area contributed by atoms with Gasteiger partial charge >= 0.3 is 0 Å². The summed E-state index contributed by atoms with van der Waals surface area (Å²) in [5.74, 6) is 0. The molecule has 14 heavy (non-hydrogen) atoms. The van der Waals surface area contributed by atoms with Crippen LogP contribution in [0.4, 0.5) is 0 Å². The van der Waals surface area contributed by atoms with Crippen molar-refractivity contribution in [2.24, 2.45) is 0 Å². The molecular formula is C10H16BrNOS. The predicted octanol–water partition coefficient (Wildman–Crippen LogP) is 2.93. The number of hydrogen-bond acceptors (Lipinski definition) is 3. The lowest BCUT2D eigenvalue weighted by Gasteiger charge is -2.21. The van der Waals surface area contributed by atoms with E-state index in [1.165, 1.54) is 0 Å². The highest BCUT2D eigenvalue weighted by molar-refractivity contribution is 9.10. The highest BCUT2D eigenvalue weighted by Gasteiger charge is 2.18. The molecular weight excluding hydrogens is 262 g/mol. The van der Waals surface area contributed by atoms with Crippen LogP contribution >= 0.6 is 27.3 Å². The summed E-state index contributed by atoms with van der Waals surface area (Å²) >= 11 is 4.96. The molecule has 0 fully saturated rings. The zero-order chi connectivity index (χ0) is 10.7. The van der Waals surface area contributed by atoms with Gasteiger partial charge in [-0.25, -0.2) is 0 Å². The molecule has 2 unspecified atom stereocenters.